The molecule has 2 aliphatic carbocycles. The first kappa shape index (κ1) is 28.3. The van der Waals surface area contributed by atoms with E-state index in [1.54, 1.807) is 21.9 Å². The molecule has 180 valence electrons. The fourth-order valence-corrected chi connectivity index (χ4v) is 16.9. The largest absolute Gasteiger partial charge is 1.00 e. The maximum Gasteiger partial charge on any atom is -1.00 e. The Kier molecular flexibility index (Phi) is 8.86. The van der Waals surface area contributed by atoms with Crippen molar-refractivity contribution in [1.29, 1.82) is 0 Å². The zero-order valence-corrected chi connectivity index (χ0v) is 26.5. The summed E-state index contributed by atoms with van der Waals surface area (Å²) in [6.45, 7) is 14.6. The van der Waals surface area contributed by atoms with Crippen molar-refractivity contribution < 1.29 is 46.1 Å². The third-order valence-electron chi connectivity index (χ3n) is 7.34. The number of hydrogen-bond acceptors (Lipinski definition) is 0. The topological polar surface area (TPSA) is 0 Å². The molecule has 0 saturated heterocycles. The SMILES string of the molecule is CC1=[C](/[Zr+2](=[CH]/c2ccc(C)cc2)[CH]2c3ccccc3-c3ccccc32)C(C)C=C1[Si](C)(C)C.[Cl-].[Cl-]. The monoisotopic (exact) mass is 594 g/mol. The number of halogens is 2. The van der Waals surface area contributed by atoms with Gasteiger partial charge in [-0.25, -0.2) is 0 Å². The number of hydrogen-bond donors (Lipinski definition) is 0. The van der Waals surface area contributed by atoms with Gasteiger partial charge in [-0.3, -0.25) is 0 Å². The van der Waals surface area contributed by atoms with Gasteiger partial charge in [0.2, 0.25) is 0 Å². The van der Waals surface area contributed by atoms with E-state index in [9.17, 15) is 0 Å². The van der Waals surface area contributed by atoms with Crippen molar-refractivity contribution in [3.8, 4) is 11.1 Å². The van der Waals surface area contributed by atoms with Gasteiger partial charge in [0, 0.05) is 0 Å². The van der Waals surface area contributed by atoms with Gasteiger partial charge in [0.25, 0.3) is 0 Å². The van der Waals surface area contributed by atoms with E-state index in [1.165, 1.54) is 22.3 Å². The molecule has 0 amide bonds. The molecule has 0 radical (unpaired) electrons. The average molecular weight is 597 g/mol. The van der Waals surface area contributed by atoms with Crippen molar-refractivity contribution in [2.75, 3.05) is 0 Å². The minimum atomic E-state index is -2.34. The fraction of sp³-hybridized carbons (Fsp3) is 0.258. The summed E-state index contributed by atoms with van der Waals surface area (Å²) in [4.78, 5) is 0. The van der Waals surface area contributed by atoms with Crippen molar-refractivity contribution >= 4 is 11.8 Å². The van der Waals surface area contributed by atoms with Crippen LogP contribution in [-0.2, 0) is 21.3 Å². The molecule has 0 bridgehead atoms. The van der Waals surface area contributed by atoms with Gasteiger partial charge >= 0.3 is 209 Å². The third kappa shape index (κ3) is 5.24. The van der Waals surface area contributed by atoms with Crippen LogP contribution in [0.5, 0.6) is 0 Å². The van der Waals surface area contributed by atoms with Crippen molar-refractivity contribution in [2.24, 2.45) is 5.92 Å². The molecule has 0 nitrogen and oxygen atoms in total. The summed E-state index contributed by atoms with van der Waals surface area (Å²) in [5, 5.41) is 1.69. The Morgan fingerprint density at radius 3 is 1.74 bits per heavy atom. The molecule has 0 aliphatic heterocycles. The van der Waals surface area contributed by atoms with Crippen molar-refractivity contribution in [3.63, 3.8) is 0 Å². The van der Waals surface area contributed by atoms with Gasteiger partial charge in [0.05, 0.1) is 0 Å². The summed E-state index contributed by atoms with van der Waals surface area (Å²) in [5.74, 6) is 0.558. The molecule has 0 N–H and O–H groups in total. The van der Waals surface area contributed by atoms with E-state index < -0.39 is 29.3 Å². The first-order chi connectivity index (χ1) is 15.8. The van der Waals surface area contributed by atoms with Gasteiger partial charge in [0.1, 0.15) is 0 Å². The second kappa shape index (κ2) is 11.0. The van der Waals surface area contributed by atoms with E-state index in [4.69, 9.17) is 0 Å². The molecule has 3 aromatic rings. The maximum atomic E-state index is 2.75. The quantitative estimate of drug-likeness (QED) is 0.406. The summed E-state index contributed by atoms with van der Waals surface area (Å²) in [7, 11) is -1.38. The Bertz CT molecular complexity index is 1280. The molecule has 35 heavy (non-hydrogen) atoms. The van der Waals surface area contributed by atoms with Crippen molar-refractivity contribution in [1.82, 2.24) is 0 Å². The van der Waals surface area contributed by atoms with E-state index in [0.717, 1.165) is 0 Å². The molecule has 0 saturated carbocycles. The predicted octanol–water partition coefficient (Wildman–Crippen LogP) is 2.27. The normalized spacial score (nSPS) is 16.9. The predicted molar refractivity (Wildman–Crippen MR) is 143 cm³/mol. The Balaban J connectivity index is 0.00000171. The minimum absolute atomic E-state index is 0. The van der Waals surface area contributed by atoms with Gasteiger partial charge in [-0.1, -0.05) is 0 Å². The second-order valence-electron chi connectivity index (χ2n) is 10.8. The Morgan fingerprint density at radius 1 is 0.743 bits per heavy atom. The molecule has 0 aromatic heterocycles. The van der Waals surface area contributed by atoms with Gasteiger partial charge in [0.15, 0.2) is 0 Å². The number of fused-ring (bicyclic) bond motifs is 3. The zero-order valence-electron chi connectivity index (χ0n) is 21.5. The second-order valence-corrected chi connectivity index (χ2v) is 21.5. The molecular formula is C31H34Cl2SiZr. The molecule has 4 heteroatoms. The van der Waals surface area contributed by atoms with Crippen LogP contribution in [-0.4, -0.2) is 11.8 Å². The van der Waals surface area contributed by atoms with Crippen LogP contribution in [0.2, 0.25) is 19.6 Å². The standard InChI is InChI=1S/C13H9.C10H17Si.C8H8.2ClH.Zr/c1-3-7-12-10(5-1)9-11-6-2-4-8-13(11)12;1-8-6-9(2)10(7-8)11(3,4)5;1-7-3-5-8(2)6-4-7;;;/h1-9H;7-8H,1-5H3;1,3-6H,2H3;2*1H;/q;;;;;+2/p-2. The molecule has 0 heterocycles. The third-order valence-corrected chi connectivity index (χ3v) is 17.7. The van der Waals surface area contributed by atoms with Crippen LogP contribution in [0.4, 0.5) is 0 Å². The Labute approximate surface area is 232 Å². The fourth-order valence-electron chi connectivity index (χ4n) is 5.89. The van der Waals surface area contributed by atoms with Crippen LogP contribution in [0.3, 0.4) is 0 Å². The maximum absolute atomic E-state index is 2.75. The molecule has 1 unspecified atom stereocenters. The van der Waals surface area contributed by atoms with Crippen LogP contribution < -0.4 is 24.8 Å². The van der Waals surface area contributed by atoms with Crippen molar-refractivity contribution in [2.45, 2.75) is 44.0 Å². The molecule has 3 aromatic carbocycles. The van der Waals surface area contributed by atoms with E-state index >= 15 is 0 Å². The van der Waals surface area contributed by atoms with Crippen LogP contribution in [0, 0.1) is 12.8 Å². The van der Waals surface area contributed by atoms with E-state index in [1.807, 2.05) is 3.28 Å². The number of rotatable bonds is 4. The summed E-state index contributed by atoms with van der Waals surface area (Å²) >= 11 is -2.34. The van der Waals surface area contributed by atoms with Gasteiger partial charge < -0.3 is 24.8 Å². The smallest absolute Gasteiger partial charge is 1.00 e. The van der Waals surface area contributed by atoms with Crippen LogP contribution in [0.25, 0.3) is 11.1 Å². The van der Waals surface area contributed by atoms with E-state index in [-0.39, 0.29) is 24.8 Å². The minimum Gasteiger partial charge on any atom is -1.00 e. The average Bonchev–Trinajstić information content (AvgIpc) is 3.28. The molecule has 0 fully saturated rings. The molecule has 5 rings (SSSR count). The Morgan fingerprint density at radius 2 is 1.26 bits per heavy atom. The van der Waals surface area contributed by atoms with Crippen LogP contribution in [0.15, 0.2) is 92.9 Å². The number of benzene rings is 3. The van der Waals surface area contributed by atoms with Crippen molar-refractivity contribution in [3.05, 3.63) is 115 Å². The van der Waals surface area contributed by atoms with E-state index in [2.05, 4.69) is 123 Å². The molecule has 2 aliphatic rings. The molecule has 0 spiro atoms. The molecular weight excluding hydrogens is 563 g/mol. The summed E-state index contributed by atoms with van der Waals surface area (Å²) in [6, 6.07) is 27.6. The van der Waals surface area contributed by atoms with E-state index in [0.29, 0.717) is 9.54 Å². The summed E-state index contributed by atoms with van der Waals surface area (Å²) in [5.41, 5.74) is 10.4. The molecule has 1 atom stereocenters. The summed E-state index contributed by atoms with van der Waals surface area (Å²) < 4.78 is 5.11. The zero-order chi connectivity index (χ0) is 23.3. The number of allylic oxidation sites excluding steroid dienone is 4. The first-order valence-corrected chi connectivity index (χ1v) is 19.7. The first-order valence-electron chi connectivity index (χ1n) is 12.2. The van der Waals surface area contributed by atoms with Gasteiger partial charge in [-0.2, -0.15) is 0 Å². The van der Waals surface area contributed by atoms with Gasteiger partial charge in [-0.15, -0.1) is 0 Å². The van der Waals surface area contributed by atoms with Crippen LogP contribution in [0.1, 0.15) is 39.7 Å². The Hall–Kier alpha value is -1.31. The summed E-state index contributed by atoms with van der Waals surface area (Å²) in [6.07, 6.45) is 2.63. The van der Waals surface area contributed by atoms with Crippen LogP contribution >= 0.6 is 0 Å². The van der Waals surface area contributed by atoms with Gasteiger partial charge in [-0.05, 0) is 0 Å². The number of aryl methyl sites for hydroxylation is 1.